The first-order chi connectivity index (χ1) is 14.9. The molecule has 1 aliphatic carbocycles. The normalized spacial score (nSPS) is 17.1. The Morgan fingerprint density at radius 1 is 0.839 bits per heavy atom. The van der Waals surface area contributed by atoms with E-state index in [1.54, 1.807) is 24.3 Å². The van der Waals surface area contributed by atoms with Crippen molar-refractivity contribution in [3.05, 3.63) is 88.9 Å². The number of ketones is 1. The Hall–Kier alpha value is -3.44. The number of carbonyl (C=O) groups is 3. The predicted molar refractivity (Wildman–Crippen MR) is 119 cm³/mol. The third-order valence-corrected chi connectivity index (χ3v) is 5.65. The van der Waals surface area contributed by atoms with Gasteiger partial charge in [0.15, 0.2) is 5.78 Å². The lowest BCUT2D eigenvalue weighted by Gasteiger charge is -2.08. The lowest BCUT2D eigenvalue weighted by molar-refractivity contribution is -0.138. The molecule has 0 heterocycles. The molecule has 3 aromatic rings. The zero-order chi connectivity index (χ0) is 22.0. The van der Waals surface area contributed by atoms with Gasteiger partial charge in [-0.1, -0.05) is 60.1 Å². The fourth-order valence-electron chi connectivity index (χ4n) is 3.54. The molecule has 0 saturated heterocycles. The van der Waals surface area contributed by atoms with Crippen LogP contribution in [0, 0.1) is 11.8 Å². The molecule has 2 N–H and O–H groups in total. The number of benzene rings is 3. The molecule has 1 aliphatic rings. The largest absolute Gasteiger partial charge is 0.481 e. The SMILES string of the molecule is O=C(Cc1ccc(Cl)cc1)Nc1ccc(-c2ccc(C(=O)[C@@H]3C[C@H]3C(=O)O)cc2)cc1. The summed E-state index contributed by atoms with van der Waals surface area (Å²) in [6, 6.07) is 21.8. The zero-order valence-electron chi connectivity index (χ0n) is 16.5. The molecule has 0 spiro atoms. The molecule has 6 heteroatoms. The van der Waals surface area contributed by atoms with Crippen LogP contribution in [0.15, 0.2) is 72.8 Å². The first-order valence-corrected chi connectivity index (χ1v) is 10.3. The third-order valence-electron chi connectivity index (χ3n) is 5.39. The van der Waals surface area contributed by atoms with Gasteiger partial charge in [0, 0.05) is 22.2 Å². The van der Waals surface area contributed by atoms with Gasteiger partial charge in [0.05, 0.1) is 12.3 Å². The number of hydrogen-bond acceptors (Lipinski definition) is 3. The van der Waals surface area contributed by atoms with Gasteiger partial charge >= 0.3 is 5.97 Å². The number of Topliss-reactive ketones (excluding diaryl/α,β-unsaturated/α-hetero) is 1. The highest BCUT2D eigenvalue weighted by molar-refractivity contribution is 6.30. The molecule has 5 nitrogen and oxygen atoms in total. The molecule has 0 unspecified atom stereocenters. The second-order valence-electron chi connectivity index (χ2n) is 7.66. The number of halogens is 1. The van der Waals surface area contributed by atoms with E-state index in [1.165, 1.54) is 0 Å². The number of rotatable bonds is 7. The van der Waals surface area contributed by atoms with E-state index in [2.05, 4.69) is 5.32 Å². The second-order valence-corrected chi connectivity index (χ2v) is 8.09. The summed E-state index contributed by atoms with van der Waals surface area (Å²) in [6.45, 7) is 0. The fourth-order valence-corrected chi connectivity index (χ4v) is 3.66. The Morgan fingerprint density at radius 2 is 1.42 bits per heavy atom. The van der Waals surface area contributed by atoms with E-state index in [4.69, 9.17) is 16.7 Å². The smallest absolute Gasteiger partial charge is 0.307 e. The topological polar surface area (TPSA) is 83.5 Å². The van der Waals surface area contributed by atoms with Gasteiger partial charge in [-0.2, -0.15) is 0 Å². The summed E-state index contributed by atoms with van der Waals surface area (Å²) in [4.78, 5) is 35.6. The van der Waals surface area contributed by atoms with Crippen LogP contribution < -0.4 is 5.32 Å². The first kappa shape index (κ1) is 20.8. The number of carboxylic acids is 1. The molecule has 31 heavy (non-hydrogen) atoms. The van der Waals surface area contributed by atoms with Crippen molar-refractivity contribution in [1.29, 1.82) is 0 Å². The van der Waals surface area contributed by atoms with E-state index >= 15 is 0 Å². The maximum atomic E-state index is 12.4. The maximum absolute atomic E-state index is 12.4. The first-order valence-electron chi connectivity index (χ1n) is 9.92. The molecule has 0 aliphatic heterocycles. The Bertz CT molecular complexity index is 1120. The van der Waals surface area contributed by atoms with Gasteiger partial charge in [-0.25, -0.2) is 0 Å². The monoisotopic (exact) mass is 433 g/mol. The van der Waals surface area contributed by atoms with Gasteiger partial charge in [-0.15, -0.1) is 0 Å². The molecule has 0 bridgehead atoms. The maximum Gasteiger partial charge on any atom is 0.307 e. The molecule has 1 amide bonds. The third kappa shape index (κ3) is 5.01. The molecule has 156 valence electrons. The Kier molecular flexibility index (Phi) is 5.87. The summed E-state index contributed by atoms with van der Waals surface area (Å²) in [5, 5.41) is 12.5. The minimum atomic E-state index is -0.907. The molecule has 0 radical (unpaired) electrons. The van der Waals surface area contributed by atoms with Crippen molar-refractivity contribution in [3.63, 3.8) is 0 Å². The Morgan fingerprint density at radius 3 is 1.97 bits per heavy atom. The predicted octanol–water partition coefficient (Wildman–Crippen LogP) is 5.09. The summed E-state index contributed by atoms with van der Waals surface area (Å²) in [5.74, 6) is -2.08. The lowest BCUT2D eigenvalue weighted by atomic mass is 10.0. The molecule has 4 rings (SSSR count). The summed E-state index contributed by atoms with van der Waals surface area (Å²) in [7, 11) is 0. The van der Waals surface area contributed by atoms with Crippen LogP contribution in [0.25, 0.3) is 11.1 Å². The van der Waals surface area contributed by atoms with Crippen LogP contribution in [-0.4, -0.2) is 22.8 Å². The van der Waals surface area contributed by atoms with Gasteiger partial charge < -0.3 is 10.4 Å². The quantitative estimate of drug-likeness (QED) is 0.508. The van der Waals surface area contributed by atoms with Crippen molar-refractivity contribution in [1.82, 2.24) is 0 Å². The highest BCUT2D eigenvalue weighted by Gasteiger charge is 2.48. The second kappa shape index (κ2) is 8.74. The van der Waals surface area contributed by atoms with E-state index in [9.17, 15) is 14.4 Å². The van der Waals surface area contributed by atoms with Gasteiger partial charge in [-0.3, -0.25) is 14.4 Å². The molecular formula is C25H20ClNO4. The molecule has 1 fully saturated rings. The highest BCUT2D eigenvalue weighted by atomic mass is 35.5. The zero-order valence-corrected chi connectivity index (χ0v) is 17.3. The van der Waals surface area contributed by atoms with E-state index in [0.717, 1.165) is 16.7 Å². The summed E-state index contributed by atoms with van der Waals surface area (Å²) < 4.78 is 0. The number of nitrogens with one attached hydrogen (secondary N) is 1. The average molecular weight is 434 g/mol. The molecule has 0 aromatic heterocycles. The van der Waals surface area contributed by atoms with E-state index in [-0.39, 0.29) is 18.1 Å². The van der Waals surface area contributed by atoms with Crippen LogP contribution in [0.5, 0.6) is 0 Å². The van der Waals surface area contributed by atoms with Crippen LogP contribution in [-0.2, 0) is 16.0 Å². The number of aliphatic carboxylic acids is 1. The average Bonchev–Trinajstić information content (AvgIpc) is 3.57. The van der Waals surface area contributed by atoms with Crippen LogP contribution in [0.2, 0.25) is 5.02 Å². The van der Waals surface area contributed by atoms with E-state index in [0.29, 0.717) is 22.7 Å². The Labute approximate surface area is 184 Å². The van der Waals surface area contributed by atoms with Crippen molar-refractivity contribution in [2.45, 2.75) is 12.8 Å². The number of hydrogen-bond donors (Lipinski definition) is 2. The van der Waals surface area contributed by atoms with Crippen molar-refractivity contribution >= 4 is 34.9 Å². The lowest BCUT2D eigenvalue weighted by Crippen LogP contribution is -2.14. The van der Waals surface area contributed by atoms with Gasteiger partial charge in [0.2, 0.25) is 5.91 Å². The van der Waals surface area contributed by atoms with Crippen LogP contribution in [0.3, 0.4) is 0 Å². The Balaban J connectivity index is 1.36. The molecular weight excluding hydrogens is 414 g/mol. The number of anilines is 1. The molecule has 3 aromatic carbocycles. The molecule has 2 atom stereocenters. The number of amides is 1. The van der Waals surface area contributed by atoms with Gasteiger partial charge in [0.1, 0.15) is 0 Å². The van der Waals surface area contributed by atoms with E-state index < -0.39 is 17.8 Å². The number of carboxylic acid groups (broad SMARTS) is 1. The van der Waals surface area contributed by atoms with Crippen molar-refractivity contribution < 1.29 is 19.5 Å². The number of carbonyl (C=O) groups excluding carboxylic acids is 2. The van der Waals surface area contributed by atoms with E-state index in [1.807, 2.05) is 48.5 Å². The minimum absolute atomic E-state index is 0.113. The van der Waals surface area contributed by atoms with Crippen molar-refractivity contribution in [2.75, 3.05) is 5.32 Å². The highest BCUT2D eigenvalue weighted by Crippen LogP contribution is 2.41. The fraction of sp³-hybridized carbons (Fsp3) is 0.160. The standard InChI is InChI=1S/C25H20ClNO4/c26-19-9-1-15(2-10-19)13-23(28)27-20-11-7-17(8-12-20)16-3-5-18(6-4-16)24(29)21-14-22(21)25(30)31/h1-12,21-22H,13-14H2,(H,27,28)(H,30,31)/t21-,22-/m1/s1. The summed E-state index contributed by atoms with van der Waals surface area (Å²) in [6.07, 6.45) is 0.680. The van der Waals surface area contributed by atoms with Crippen molar-refractivity contribution in [3.8, 4) is 11.1 Å². The summed E-state index contributed by atoms with van der Waals surface area (Å²) in [5.41, 5.74) is 3.99. The van der Waals surface area contributed by atoms with Crippen LogP contribution in [0.4, 0.5) is 5.69 Å². The summed E-state index contributed by atoms with van der Waals surface area (Å²) >= 11 is 5.86. The van der Waals surface area contributed by atoms with Gasteiger partial charge in [-0.05, 0) is 47.4 Å². The van der Waals surface area contributed by atoms with Crippen molar-refractivity contribution in [2.24, 2.45) is 11.8 Å². The van der Waals surface area contributed by atoms with Crippen LogP contribution >= 0.6 is 11.6 Å². The molecule has 1 saturated carbocycles. The minimum Gasteiger partial charge on any atom is -0.481 e. The van der Waals surface area contributed by atoms with Crippen LogP contribution in [0.1, 0.15) is 22.3 Å². The van der Waals surface area contributed by atoms with Gasteiger partial charge in [0.25, 0.3) is 0 Å².